The standard InChI is InChI=1S/C32H37N3OS/c1-5-34(4)21-31(36)35-19-29-30(20-35)37-32(33-29)28-16-10-15-27(23(28)3)26-14-9-13-25(22(26)2)18-17-24-11-7-6-8-12-24/h9-10,13-16,24H,5-8,11-12,19-21H2,1-4H3. The van der Waals surface area contributed by atoms with Crippen LogP contribution in [0.4, 0.5) is 0 Å². The summed E-state index contributed by atoms with van der Waals surface area (Å²) in [7, 11) is 1.98. The number of rotatable bonds is 5. The zero-order valence-corrected chi connectivity index (χ0v) is 23.4. The molecule has 4 nitrogen and oxygen atoms in total. The van der Waals surface area contributed by atoms with Crippen LogP contribution in [0.15, 0.2) is 36.4 Å². The minimum atomic E-state index is 0.177. The Morgan fingerprint density at radius 1 is 1.03 bits per heavy atom. The summed E-state index contributed by atoms with van der Waals surface area (Å²) in [5.74, 6) is 7.81. The fourth-order valence-corrected chi connectivity index (χ4v) is 6.59. The molecule has 5 heteroatoms. The molecule has 5 rings (SSSR count). The van der Waals surface area contributed by atoms with Gasteiger partial charge in [0.2, 0.25) is 5.91 Å². The van der Waals surface area contributed by atoms with Gasteiger partial charge in [0.05, 0.1) is 25.3 Å². The molecule has 0 radical (unpaired) electrons. The Labute approximate surface area is 225 Å². The number of aromatic nitrogens is 1. The van der Waals surface area contributed by atoms with Gasteiger partial charge < -0.3 is 4.90 Å². The van der Waals surface area contributed by atoms with E-state index in [9.17, 15) is 4.79 Å². The molecule has 0 N–H and O–H groups in total. The molecule has 2 aliphatic rings. The lowest BCUT2D eigenvalue weighted by Crippen LogP contribution is -2.35. The van der Waals surface area contributed by atoms with Gasteiger partial charge in [-0.05, 0) is 68.6 Å². The van der Waals surface area contributed by atoms with Crippen LogP contribution in [-0.4, -0.2) is 40.8 Å². The van der Waals surface area contributed by atoms with E-state index in [1.54, 1.807) is 11.3 Å². The first-order valence-corrected chi connectivity index (χ1v) is 14.4. The van der Waals surface area contributed by atoms with Crippen molar-refractivity contribution in [1.82, 2.24) is 14.8 Å². The fraction of sp³-hybridized carbons (Fsp3) is 0.438. The van der Waals surface area contributed by atoms with Gasteiger partial charge >= 0.3 is 0 Å². The molecule has 1 aromatic heterocycles. The second-order valence-corrected chi connectivity index (χ2v) is 11.6. The molecule has 0 spiro atoms. The van der Waals surface area contributed by atoms with Crippen molar-refractivity contribution in [2.75, 3.05) is 20.1 Å². The molecule has 1 saturated carbocycles. The Morgan fingerprint density at radius 3 is 2.46 bits per heavy atom. The quantitative estimate of drug-likeness (QED) is 0.353. The van der Waals surface area contributed by atoms with Crippen molar-refractivity contribution in [2.24, 2.45) is 5.92 Å². The van der Waals surface area contributed by atoms with Crippen molar-refractivity contribution in [1.29, 1.82) is 0 Å². The number of hydrogen-bond acceptors (Lipinski definition) is 4. The number of carbonyl (C=O) groups is 1. The van der Waals surface area contributed by atoms with Crippen LogP contribution in [0.5, 0.6) is 0 Å². The molecule has 3 aromatic rings. The summed E-state index contributed by atoms with van der Waals surface area (Å²) < 4.78 is 0. The van der Waals surface area contributed by atoms with Crippen molar-refractivity contribution in [2.45, 2.75) is 66.0 Å². The highest BCUT2D eigenvalue weighted by molar-refractivity contribution is 7.15. The van der Waals surface area contributed by atoms with Gasteiger partial charge in [-0.3, -0.25) is 9.69 Å². The van der Waals surface area contributed by atoms with E-state index in [1.807, 2.05) is 16.8 Å². The van der Waals surface area contributed by atoms with Crippen LogP contribution in [0.2, 0.25) is 0 Å². The zero-order valence-electron chi connectivity index (χ0n) is 22.6. The number of fused-ring (bicyclic) bond motifs is 1. The lowest BCUT2D eigenvalue weighted by atomic mass is 9.89. The molecule has 2 aromatic carbocycles. The summed E-state index contributed by atoms with van der Waals surface area (Å²) in [6.07, 6.45) is 6.47. The number of thiazole rings is 1. The normalized spacial score (nSPS) is 15.5. The van der Waals surface area contributed by atoms with Crippen LogP contribution in [-0.2, 0) is 17.9 Å². The third-order valence-corrected chi connectivity index (χ3v) is 9.07. The second kappa shape index (κ2) is 11.2. The van der Waals surface area contributed by atoms with Gasteiger partial charge in [-0.2, -0.15) is 0 Å². The van der Waals surface area contributed by atoms with Gasteiger partial charge in [0.1, 0.15) is 5.01 Å². The van der Waals surface area contributed by atoms with Crippen molar-refractivity contribution >= 4 is 17.2 Å². The molecule has 0 unspecified atom stereocenters. The Morgan fingerprint density at radius 2 is 1.73 bits per heavy atom. The monoisotopic (exact) mass is 511 g/mol. The predicted molar refractivity (Wildman–Crippen MR) is 153 cm³/mol. The largest absolute Gasteiger partial charge is 0.330 e. The van der Waals surface area contributed by atoms with Gasteiger partial charge in [0.25, 0.3) is 0 Å². The topological polar surface area (TPSA) is 36.4 Å². The van der Waals surface area contributed by atoms with Crippen molar-refractivity contribution in [3.8, 4) is 33.5 Å². The van der Waals surface area contributed by atoms with Gasteiger partial charge in [-0.15, -0.1) is 11.3 Å². The SMILES string of the molecule is CCN(C)CC(=O)N1Cc2nc(-c3cccc(-c4cccc(C#CC5CCCCC5)c4C)c3C)sc2C1. The molecule has 1 fully saturated rings. The molecule has 1 aliphatic carbocycles. The van der Waals surface area contributed by atoms with Crippen molar-refractivity contribution in [3.63, 3.8) is 0 Å². The summed E-state index contributed by atoms with van der Waals surface area (Å²) in [5, 5.41) is 1.05. The third-order valence-electron chi connectivity index (χ3n) is 7.96. The van der Waals surface area contributed by atoms with Gasteiger partial charge in [-0.1, -0.05) is 68.4 Å². The summed E-state index contributed by atoms with van der Waals surface area (Å²) >= 11 is 1.73. The van der Waals surface area contributed by atoms with E-state index in [4.69, 9.17) is 4.98 Å². The van der Waals surface area contributed by atoms with Gasteiger partial charge in [-0.25, -0.2) is 4.98 Å². The maximum atomic E-state index is 12.6. The first-order valence-electron chi connectivity index (χ1n) is 13.6. The number of carbonyl (C=O) groups excluding carboxylic acids is 1. The van der Waals surface area contributed by atoms with Crippen molar-refractivity contribution in [3.05, 3.63) is 63.7 Å². The number of amides is 1. The Balaban J connectivity index is 1.38. The van der Waals surface area contributed by atoms with Crippen LogP contribution >= 0.6 is 11.3 Å². The maximum Gasteiger partial charge on any atom is 0.237 e. The Bertz CT molecular complexity index is 1330. The first kappa shape index (κ1) is 25.7. The highest BCUT2D eigenvalue weighted by atomic mass is 32.1. The van der Waals surface area contributed by atoms with E-state index in [0.29, 0.717) is 25.6 Å². The predicted octanol–water partition coefficient (Wildman–Crippen LogP) is 6.82. The number of hydrogen-bond donors (Lipinski definition) is 0. The Hall–Kier alpha value is -2.94. The number of likely N-dealkylation sites (N-methyl/N-ethyl adjacent to an activating group) is 1. The van der Waals surface area contributed by atoms with E-state index in [1.165, 1.54) is 64.8 Å². The smallest absolute Gasteiger partial charge is 0.237 e. The molecule has 0 bridgehead atoms. The van der Waals surface area contributed by atoms with Crippen LogP contribution in [0.25, 0.3) is 21.7 Å². The van der Waals surface area contributed by atoms with E-state index < -0.39 is 0 Å². The summed E-state index contributed by atoms with van der Waals surface area (Å²) in [6, 6.07) is 13.0. The molecule has 1 aliphatic heterocycles. The molecule has 1 amide bonds. The van der Waals surface area contributed by atoms with Crippen LogP contribution in [0.1, 0.15) is 66.3 Å². The maximum absolute atomic E-state index is 12.6. The molecule has 0 atom stereocenters. The summed E-state index contributed by atoms with van der Waals surface area (Å²) in [5.41, 5.74) is 8.35. The fourth-order valence-electron chi connectivity index (χ4n) is 5.42. The van der Waals surface area contributed by atoms with E-state index in [2.05, 4.69) is 69.0 Å². The van der Waals surface area contributed by atoms with Crippen LogP contribution in [0.3, 0.4) is 0 Å². The van der Waals surface area contributed by atoms with E-state index in [0.717, 1.165) is 22.8 Å². The van der Waals surface area contributed by atoms with Crippen LogP contribution in [0, 0.1) is 31.6 Å². The number of nitrogens with zero attached hydrogens (tertiary/aromatic N) is 3. The zero-order chi connectivity index (χ0) is 25.9. The lowest BCUT2D eigenvalue weighted by molar-refractivity contribution is -0.132. The molecule has 0 saturated heterocycles. The molecule has 2 heterocycles. The minimum absolute atomic E-state index is 0.177. The average Bonchev–Trinajstić information content (AvgIpc) is 3.49. The Kier molecular flexibility index (Phi) is 7.79. The van der Waals surface area contributed by atoms with Crippen LogP contribution < -0.4 is 0 Å². The first-order chi connectivity index (χ1) is 17.9. The third kappa shape index (κ3) is 5.51. The summed E-state index contributed by atoms with van der Waals surface area (Å²) in [6.45, 7) is 9.09. The highest BCUT2D eigenvalue weighted by Crippen LogP contribution is 2.38. The van der Waals surface area contributed by atoms with Crippen molar-refractivity contribution < 1.29 is 4.79 Å². The highest BCUT2D eigenvalue weighted by Gasteiger charge is 2.28. The molecular formula is C32H37N3OS. The molecule has 192 valence electrons. The minimum Gasteiger partial charge on any atom is -0.330 e. The van der Waals surface area contributed by atoms with Gasteiger partial charge in [0, 0.05) is 21.9 Å². The molecule has 37 heavy (non-hydrogen) atoms. The summed E-state index contributed by atoms with van der Waals surface area (Å²) in [4.78, 5) is 22.8. The molecular weight excluding hydrogens is 474 g/mol. The average molecular weight is 512 g/mol. The second-order valence-electron chi connectivity index (χ2n) is 10.5. The number of benzene rings is 2. The van der Waals surface area contributed by atoms with Gasteiger partial charge in [0.15, 0.2) is 0 Å². The van der Waals surface area contributed by atoms with E-state index in [-0.39, 0.29) is 5.91 Å². The van der Waals surface area contributed by atoms with E-state index >= 15 is 0 Å². The lowest BCUT2D eigenvalue weighted by Gasteiger charge is -2.20.